The first-order chi connectivity index (χ1) is 13.0. The lowest BCUT2D eigenvalue weighted by Crippen LogP contribution is -2.43. The summed E-state index contributed by atoms with van der Waals surface area (Å²) in [5.74, 6) is -2.18. The van der Waals surface area contributed by atoms with E-state index < -0.39 is 5.92 Å². The molecule has 2 aromatic heterocycles. The van der Waals surface area contributed by atoms with Crippen LogP contribution in [-0.2, 0) is 5.92 Å². The number of benzene rings is 1. The van der Waals surface area contributed by atoms with Gasteiger partial charge in [0.1, 0.15) is 12.1 Å². The maximum atomic E-state index is 14.5. The lowest BCUT2D eigenvalue weighted by molar-refractivity contribution is -0.0421. The van der Waals surface area contributed by atoms with Crippen molar-refractivity contribution in [1.29, 1.82) is 0 Å². The number of aromatic amines is 1. The topological polar surface area (TPSA) is 69.7 Å². The zero-order chi connectivity index (χ0) is 18.9. The Balaban J connectivity index is 1.35. The minimum Gasteiger partial charge on any atom is -0.367 e. The van der Waals surface area contributed by atoms with Gasteiger partial charge in [-0.25, -0.2) is 9.97 Å². The predicted molar refractivity (Wildman–Crippen MR) is 100 cm³/mol. The molecule has 1 saturated heterocycles. The van der Waals surface area contributed by atoms with Gasteiger partial charge in [0.05, 0.1) is 18.1 Å². The Hall–Kier alpha value is -2.32. The fourth-order valence-corrected chi connectivity index (χ4v) is 3.50. The van der Waals surface area contributed by atoms with Crippen molar-refractivity contribution in [2.45, 2.75) is 24.8 Å². The molecule has 9 heteroatoms. The normalized spacial score (nSPS) is 16.7. The lowest BCUT2D eigenvalue weighted by atomic mass is 10.0. The molecule has 2 N–H and O–H groups in total. The Labute approximate surface area is 159 Å². The third kappa shape index (κ3) is 4.01. The van der Waals surface area contributed by atoms with Gasteiger partial charge in [0.2, 0.25) is 0 Å². The highest BCUT2D eigenvalue weighted by Crippen LogP contribution is 2.31. The summed E-state index contributed by atoms with van der Waals surface area (Å²) in [5.41, 5.74) is 0.669. The number of halogens is 3. The molecule has 1 aromatic carbocycles. The number of rotatable bonds is 5. The van der Waals surface area contributed by atoms with E-state index in [2.05, 4.69) is 25.5 Å². The summed E-state index contributed by atoms with van der Waals surface area (Å²) in [4.78, 5) is 10.2. The Kier molecular flexibility index (Phi) is 4.92. The van der Waals surface area contributed by atoms with E-state index in [0.29, 0.717) is 23.8 Å². The number of H-pyrrole nitrogens is 1. The van der Waals surface area contributed by atoms with E-state index in [4.69, 9.17) is 11.6 Å². The Morgan fingerprint density at radius 2 is 1.93 bits per heavy atom. The number of fused-ring (bicyclic) bond motifs is 1. The Bertz CT molecular complexity index is 906. The number of anilines is 1. The van der Waals surface area contributed by atoms with E-state index in [1.807, 2.05) is 0 Å². The van der Waals surface area contributed by atoms with Crippen molar-refractivity contribution >= 4 is 28.5 Å². The maximum absolute atomic E-state index is 14.5. The van der Waals surface area contributed by atoms with Crippen LogP contribution in [0, 0.1) is 0 Å². The standard InChI is InChI=1S/C18H19ClF2N6/c19-13-3-1-12(2-4-13)18(20,21)10-27-7-5-14(6-8-27)25-16-15-9-24-26-17(15)23-11-22-16/h1-4,9,11,14H,5-8,10H2,(H2,22,23,24,25,26). The highest BCUT2D eigenvalue weighted by molar-refractivity contribution is 6.30. The zero-order valence-electron chi connectivity index (χ0n) is 14.5. The van der Waals surface area contributed by atoms with Gasteiger partial charge in [-0.1, -0.05) is 23.7 Å². The van der Waals surface area contributed by atoms with Crippen LogP contribution >= 0.6 is 11.6 Å². The van der Waals surface area contributed by atoms with Gasteiger partial charge in [-0.15, -0.1) is 0 Å². The average Bonchev–Trinajstić information content (AvgIpc) is 3.13. The van der Waals surface area contributed by atoms with Gasteiger partial charge in [-0.05, 0) is 25.0 Å². The van der Waals surface area contributed by atoms with E-state index in [0.717, 1.165) is 24.0 Å². The molecule has 4 rings (SSSR count). The predicted octanol–water partition coefficient (Wildman–Crippen LogP) is 3.67. The van der Waals surface area contributed by atoms with Crippen molar-refractivity contribution in [2.75, 3.05) is 25.0 Å². The van der Waals surface area contributed by atoms with Crippen LogP contribution in [0.4, 0.5) is 14.6 Å². The molecule has 27 heavy (non-hydrogen) atoms. The molecule has 0 spiro atoms. The molecule has 6 nitrogen and oxygen atoms in total. The average molecular weight is 393 g/mol. The number of aromatic nitrogens is 4. The van der Waals surface area contributed by atoms with Crippen LogP contribution in [-0.4, -0.2) is 50.7 Å². The van der Waals surface area contributed by atoms with Crippen LogP contribution in [0.2, 0.25) is 5.02 Å². The largest absolute Gasteiger partial charge is 0.367 e. The van der Waals surface area contributed by atoms with Crippen LogP contribution in [0.5, 0.6) is 0 Å². The van der Waals surface area contributed by atoms with Crippen molar-refractivity contribution in [3.63, 3.8) is 0 Å². The highest BCUT2D eigenvalue weighted by atomic mass is 35.5. The number of piperidine rings is 1. The smallest absolute Gasteiger partial charge is 0.285 e. The molecule has 1 aliphatic rings. The summed E-state index contributed by atoms with van der Waals surface area (Å²) >= 11 is 5.79. The molecule has 1 aliphatic heterocycles. The lowest BCUT2D eigenvalue weighted by Gasteiger charge is -2.34. The summed E-state index contributed by atoms with van der Waals surface area (Å²) < 4.78 is 29.1. The summed E-state index contributed by atoms with van der Waals surface area (Å²) in [7, 11) is 0. The summed E-state index contributed by atoms with van der Waals surface area (Å²) in [5, 5.41) is 11.5. The first-order valence-electron chi connectivity index (χ1n) is 8.78. The van der Waals surface area contributed by atoms with E-state index in [-0.39, 0.29) is 18.2 Å². The molecular formula is C18H19ClF2N6. The molecule has 3 aromatic rings. The molecule has 0 atom stereocenters. The third-order valence-electron chi connectivity index (χ3n) is 4.87. The first kappa shape index (κ1) is 18.1. The molecular weight excluding hydrogens is 374 g/mol. The number of likely N-dealkylation sites (tertiary alicyclic amines) is 1. The maximum Gasteiger partial charge on any atom is 0.285 e. The van der Waals surface area contributed by atoms with Crippen LogP contribution < -0.4 is 5.32 Å². The molecule has 0 aliphatic carbocycles. The van der Waals surface area contributed by atoms with Gasteiger partial charge in [0.15, 0.2) is 5.65 Å². The highest BCUT2D eigenvalue weighted by Gasteiger charge is 2.35. The van der Waals surface area contributed by atoms with E-state index >= 15 is 0 Å². The van der Waals surface area contributed by atoms with Crippen LogP contribution in [0.25, 0.3) is 11.0 Å². The van der Waals surface area contributed by atoms with Crippen LogP contribution in [0.3, 0.4) is 0 Å². The number of hydrogen-bond acceptors (Lipinski definition) is 5. The van der Waals surface area contributed by atoms with E-state index in [9.17, 15) is 8.78 Å². The van der Waals surface area contributed by atoms with Crippen molar-refractivity contribution in [2.24, 2.45) is 0 Å². The minimum absolute atomic E-state index is 0.00418. The fraction of sp³-hybridized carbons (Fsp3) is 0.389. The summed E-state index contributed by atoms with van der Waals surface area (Å²) in [6.45, 7) is 0.905. The second-order valence-electron chi connectivity index (χ2n) is 6.76. The molecule has 142 valence electrons. The molecule has 0 radical (unpaired) electrons. The molecule has 3 heterocycles. The molecule has 0 unspecified atom stereocenters. The molecule has 1 fully saturated rings. The monoisotopic (exact) mass is 392 g/mol. The molecule has 0 saturated carbocycles. The molecule has 0 amide bonds. The zero-order valence-corrected chi connectivity index (χ0v) is 15.3. The third-order valence-corrected chi connectivity index (χ3v) is 5.12. The Morgan fingerprint density at radius 1 is 1.19 bits per heavy atom. The van der Waals surface area contributed by atoms with Gasteiger partial charge in [0.25, 0.3) is 5.92 Å². The SMILES string of the molecule is FC(F)(CN1CCC(Nc2ncnc3[nH]ncc23)CC1)c1ccc(Cl)cc1. The van der Waals surface area contributed by atoms with Crippen molar-refractivity contribution in [3.8, 4) is 0 Å². The summed E-state index contributed by atoms with van der Waals surface area (Å²) in [6, 6.07) is 5.96. The number of alkyl halides is 2. The fourth-order valence-electron chi connectivity index (χ4n) is 3.37. The van der Waals surface area contributed by atoms with Gasteiger partial charge >= 0.3 is 0 Å². The second-order valence-corrected chi connectivity index (χ2v) is 7.20. The number of hydrogen-bond donors (Lipinski definition) is 2. The number of nitrogens with one attached hydrogen (secondary N) is 2. The van der Waals surface area contributed by atoms with Crippen LogP contribution in [0.15, 0.2) is 36.8 Å². The quantitative estimate of drug-likeness (QED) is 0.693. The second kappa shape index (κ2) is 7.36. The van der Waals surface area contributed by atoms with Crippen molar-refractivity contribution in [1.82, 2.24) is 25.1 Å². The van der Waals surface area contributed by atoms with E-state index in [1.165, 1.54) is 30.6 Å². The van der Waals surface area contributed by atoms with Gasteiger partial charge < -0.3 is 5.32 Å². The van der Waals surface area contributed by atoms with Crippen molar-refractivity contribution in [3.05, 3.63) is 47.4 Å². The van der Waals surface area contributed by atoms with Crippen molar-refractivity contribution < 1.29 is 8.78 Å². The summed E-state index contributed by atoms with van der Waals surface area (Å²) in [6.07, 6.45) is 4.68. The van der Waals surface area contributed by atoms with Gasteiger partial charge in [-0.2, -0.15) is 13.9 Å². The van der Waals surface area contributed by atoms with Gasteiger partial charge in [-0.3, -0.25) is 10.00 Å². The van der Waals surface area contributed by atoms with Crippen LogP contribution in [0.1, 0.15) is 18.4 Å². The minimum atomic E-state index is -2.90. The molecule has 0 bridgehead atoms. The van der Waals surface area contributed by atoms with Gasteiger partial charge in [0, 0.05) is 29.7 Å². The number of nitrogens with zero attached hydrogens (tertiary/aromatic N) is 4. The van der Waals surface area contributed by atoms with E-state index in [1.54, 1.807) is 11.1 Å². The Morgan fingerprint density at radius 3 is 2.67 bits per heavy atom. The first-order valence-corrected chi connectivity index (χ1v) is 9.16.